The highest BCUT2D eigenvalue weighted by Crippen LogP contribution is 2.34. The van der Waals surface area contributed by atoms with Crippen molar-refractivity contribution in [3.8, 4) is 0 Å². The van der Waals surface area contributed by atoms with Gasteiger partial charge in [0.1, 0.15) is 0 Å². The summed E-state index contributed by atoms with van der Waals surface area (Å²) in [6.45, 7) is 0.0490. The minimum Gasteiger partial charge on any atom is -0.338 e. The van der Waals surface area contributed by atoms with Gasteiger partial charge < -0.3 is 4.90 Å². The highest BCUT2D eigenvalue weighted by atomic mass is 35.5. The predicted molar refractivity (Wildman–Crippen MR) is 77.9 cm³/mol. The van der Waals surface area contributed by atoms with Crippen molar-refractivity contribution < 1.29 is 18.0 Å². The maximum atomic E-state index is 12.8. The number of benzene rings is 1. The molecule has 1 aliphatic rings. The van der Waals surface area contributed by atoms with Crippen LogP contribution in [0.4, 0.5) is 13.2 Å². The average molecular weight is 338 g/mol. The number of hydrogen-bond donors (Lipinski definition) is 0. The van der Waals surface area contributed by atoms with Crippen molar-refractivity contribution in [2.75, 3.05) is 19.3 Å². The van der Waals surface area contributed by atoms with Crippen molar-refractivity contribution in [2.24, 2.45) is 5.92 Å². The fourth-order valence-corrected chi connectivity index (χ4v) is 3.03. The van der Waals surface area contributed by atoms with Crippen LogP contribution in [-0.2, 0) is 0 Å². The van der Waals surface area contributed by atoms with Crippen LogP contribution in [0.2, 0.25) is 5.02 Å². The summed E-state index contributed by atoms with van der Waals surface area (Å²) < 4.78 is 38.4. The molecule has 0 N–H and O–H groups in total. The van der Waals surface area contributed by atoms with E-state index in [1.54, 1.807) is 18.2 Å². The molecule has 0 aromatic heterocycles. The number of halogens is 4. The Labute approximate surface area is 130 Å². The van der Waals surface area contributed by atoms with Crippen LogP contribution in [0.25, 0.3) is 0 Å². The fourth-order valence-electron chi connectivity index (χ4n) is 2.39. The molecule has 0 radical (unpaired) electrons. The van der Waals surface area contributed by atoms with Crippen molar-refractivity contribution in [1.82, 2.24) is 4.90 Å². The lowest BCUT2D eigenvalue weighted by molar-refractivity contribution is -0.184. The second-order valence-electron chi connectivity index (χ2n) is 4.98. The predicted octanol–water partition coefficient (Wildman–Crippen LogP) is 4.48. The molecule has 0 unspecified atom stereocenters. The Kier molecular flexibility index (Phi) is 5.09. The zero-order valence-electron chi connectivity index (χ0n) is 11.4. The number of alkyl halides is 3. The quantitative estimate of drug-likeness (QED) is 0.742. The number of amides is 1. The fraction of sp³-hybridized carbons (Fsp3) is 0.500. The van der Waals surface area contributed by atoms with Crippen molar-refractivity contribution in [2.45, 2.75) is 23.9 Å². The van der Waals surface area contributed by atoms with Crippen LogP contribution in [0, 0.1) is 5.92 Å². The third-order valence-electron chi connectivity index (χ3n) is 3.58. The van der Waals surface area contributed by atoms with E-state index in [0.29, 0.717) is 13.0 Å². The van der Waals surface area contributed by atoms with Gasteiger partial charge in [-0.05, 0) is 37.3 Å². The third kappa shape index (κ3) is 3.86. The van der Waals surface area contributed by atoms with Gasteiger partial charge >= 0.3 is 6.18 Å². The Hall–Kier alpha value is -0.880. The molecule has 1 heterocycles. The molecule has 1 aromatic carbocycles. The van der Waals surface area contributed by atoms with Gasteiger partial charge in [-0.3, -0.25) is 4.79 Å². The summed E-state index contributed by atoms with van der Waals surface area (Å²) in [5, 5.41) is 0.270. The summed E-state index contributed by atoms with van der Waals surface area (Å²) in [6, 6.07) is 5.01. The van der Waals surface area contributed by atoms with E-state index in [2.05, 4.69) is 0 Å². The van der Waals surface area contributed by atoms with Crippen molar-refractivity contribution in [3.63, 3.8) is 0 Å². The largest absolute Gasteiger partial charge is 0.393 e. The number of rotatable bonds is 2. The third-order valence-corrected chi connectivity index (χ3v) is 4.63. The Balaban J connectivity index is 2.20. The lowest BCUT2D eigenvalue weighted by atomic mass is 9.97. The number of thioether (sulfide) groups is 1. The standard InChI is InChI=1S/C14H15ClF3NOS/c1-21-10-4-5-12(15)11(7-10)13(20)19-6-2-3-9(8-19)14(16,17)18/h4-5,7,9H,2-3,6,8H2,1H3/t9-/m0/s1. The van der Waals surface area contributed by atoms with Crippen molar-refractivity contribution in [3.05, 3.63) is 28.8 Å². The topological polar surface area (TPSA) is 20.3 Å². The van der Waals surface area contributed by atoms with Crippen molar-refractivity contribution in [1.29, 1.82) is 0 Å². The first-order chi connectivity index (χ1) is 9.82. The molecular formula is C14H15ClF3NOS. The smallest absolute Gasteiger partial charge is 0.338 e. The van der Waals surface area contributed by atoms with Crippen LogP contribution < -0.4 is 0 Å². The van der Waals surface area contributed by atoms with E-state index in [9.17, 15) is 18.0 Å². The minimum absolute atomic E-state index is 0.0753. The van der Waals surface area contributed by atoms with Crippen LogP contribution in [0.5, 0.6) is 0 Å². The highest BCUT2D eigenvalue weighted by Gasteiger charge is 2.42. The molecule has 7 heteroatoms. The van der Waals surface area contributed by atoms with E-state index in [-0.39, 0.29) is 23.6 Å². The van der Waals surface area contributed by atoms with Gasteiger partial charge in [-0.25, -0.2) is 0 Å². The van der Waals surface area contributed by atoms with Gasteiger partial charge in [0.05, 0.1) is 16.5 Å². The SMILES string of the molecule is CSc1ccc(Cl)c(C(=O)N2CCC[C@H](C(F)(F)F)C2)c1. The van der Waals surface area contributed by atoms with Gasteiger partial charge in [0, 0.05) is 18.0 Å². The molecular weight excluding hydrogens is 323 g/mol. The van der Waals surface area contributed by atoms with E-state index in [4.69, 9.17) is 11.6 Å². The first-order valence-corrected chi connectivity index (χ1v) is 8.12. The van der Waals surface area contributed by atoms with E-state index in [1.165, 1.54) is 16.7 Å². The van der Waals surface area contributed by atoms with Gasteiger partial charge in [-0.1, -0.05) is 11.6 Å². The Morgan fingerprint density at radius 2 is 2.14 bits per heavy atom. The van der Waals surface area contributed by atoms with E-state index in [0.717, 1.165) is 4.90 Å². The van der Waals surface area contributed by atoms with Gasteiger partial charge in [0.15, 0.2) is 0 Å². The lowest BCUT2D eigenvalue weighted by Crippen LogP contribution is -2.44. The maximum Gasteiger partial charge on any atom is 0.393 e. The molecule has 116 valence electrons. The van der Waals surface area contributed by atoms with Crippen LogP contribution >= 0.6 is 23.4 Å². The number of likely N-dealkylation sites (tertiary alicyclic amines) is 1. The zero-order valence-corrected chi connectivity index (χ0v) is 13.0. The molecule has 1 fully saturated rings. The molecule has 2 rings (SSSR count). The molecule has 1 aliphatic heterocycles. The zero-order chi connectivity index (χ0) is 15.6. The van der Waals surface area contributed by atoms with E-state index >= 15 is 0 Å². The van der Waals surface area contributed by atoms with Crippen LogP contribution in [-0.4, -0.2) is 36.3 Å². The summed E-state index contributed by atoms with van der Waals surface area (Å²) in [5.41, 5.74) is 0.270. The molecule has 1 atom stereocenters. The number of hydrogen-bond acceptors (Lipinski definition) is 2. The van der Waals surface area contributed by atoms with Gasteiger partial charge in [-0.2, -0.15) is 13.2 Å². The average Bonchev–Trinajstić information content (AvgIpc) is 2.46. The summed E-state index contributed by atoms with van der Waals surface area (Å²) >= 11 is 7.47. The molecule has 0 aliphatic carbocycles. The lowest BCUT2D eigenvalue weighted by Gasteiger charge is -2.34. The second-order valence-corrected chi connectivity index (χ2v) is 6.26. The molecule has 1 saturated heterocycles. The molecule has 1 aromatic rings. The summed E-state index contributed by atoms with van der Waals surface area (Å²) in [5.74, 6) is -1.87. The number of carbonyl (C=O) groups is 1. The van der Waals surface area contributed by atoms with Gasteiger partial charge in [0.25, 0.3) is 5.91 Å². The summed E-state index contributed by atoms with van der Waals surface area (Å²) in [4.78, 5) is 14.5. The molecule has 0 bridgehead atoms. The maximum absolute atomic E-state index is 12.8. The molecule has 0 saturated carbocycles. The van der Waals surface area contributed by atoms with Gasteiger partial charge in [-0.15, -0.1) is 11.8 Å². The first kappa shape index (κ1) is 16.5. The Morgan fingerprint density at radius 1 is 1.43 bits per heavy atom. The summed E-state index contributed by atoms with van der Waals surface area (Å²) in [6.07, 6.45) is -1.97. The Bertz CT molecular complexity index is 535. The summed E-state index contributed by atoms with van der Waals surface area (Å²) in [7, 11) is 0. The minimum atomic E-state index is -4.26. The molecule has 0 spiro atoms. The molecule has 21 heavy (non-hydrogen) atoms. The molecule has 2 nitrogen and oxygen atoms in total. The Morgan fingerprint density at radius 3 is 2.76 bits per heavy atom. The van der Waals surface area contributed by atoms with E-state index in [1.807, 2.05) is 6.26 Å². The normalized spacial score (nSPS) is 19.7. The highest BCUT2D eigenvalue weighted by molar-refractivity contribution is 7.98. The number of piperidine rings is 1. The van der Waals surface area contributed by atoms with E-state index < -0.39 is 18.0 Å². The number of carbonyl (C=O) groups excluding carboxylic acids is 1. The van der Waals surface area contributed by atoms with Crippen molar-refractivity contribution >= 4 is 29.3 Å². The molecule has 1 amide bonds. The van der Waals surface area contributed by atoms with Crippen LogP contribution in [0.1, 0.15) is 23.2 Å². The van der Waals surface area contributed by atoms with Gasteiger partial charge in [0.2, 0.25) is 0 Å². The monoisotopic (exact) mass is 337 g/mol. The van der Waals surface area contributed by atoms with Crippen LogP contribution in [0.15, 0.2) is 23.1 Å². The second kappa shape index (κ2) is 6.48. The number of nitrogens with zero attached hydrogens (tertiary/aromatic N) is 1. The van der Waals surface area contributed by atoms with Crippen LogP contribution in [0.3, 0.4) is 0 Å². The first-order valence-electron chi connectivity index (χ1n) is 6.52.